The van der Waals surface area contributed by atoms with E-state index >= 15 is 0 Å². The average molecular weight is 298 g/mol. The van der Waals surface area contributed by atoms with E-state index in [-0.39, 0.29) is 0 Å². The summed E-state index contributed by atoms with van der Waals surface area (Å²) < 4.78 is 0. The standard InChI is InChI=1S/C18H26N4/c1-14-5-3-9-21(12-14)17-8-7-16(11-19)18(20-17)22-10-4-6-15(2)13-22/h7-8,14-15H,3-6,9-10,12-13H2,1-2H3. The monoisotopic (exact) mass is 298 g/mol. The second-order valence-corrected chi connectivity index (χ2v) is 7.04. The van der Waals surface area contributed by atoms with Gasteiger partial charge in [0.1, 0.15) is 17.7 Å². The van der Waals surface area contributed by atoms with Crippen LogP contribution in [0, 0.1) is 23.2 Å². The Hall–Kier alpha value is -1.76. The van der Waals surface area contributed by atoms with Gasteiger partial charge in [0.05, 0.1) is 5.56 Å². The van der Waals surface area contributed by atoms with E-state index in [1.54, 1.807) is 0 Å². The lowest BCUT2D eigenvalue weighted by atomic mass is 9.99. The molecule has 0 radical (unpaired) electrons. The molecule has 2 fully saturated rings. The van der Waals surface area contributed by atoms with Crippen molar-refractivity contribution in [3.05, 3.63) is 17.7 Å². The molecule has 0 bridgehead atoms. The van der Waals surface area contributed by atoms with Gasteiger partial charge in [-0.25, -0.2) is 4.98 Å². The maximum Gasteiger partial charge on any atom is 0.148 e. The zero-order valence-electron chi connectivity index (χ0n) is 13.8. The van der Waals surface area contributed by atoms with Crippen LogP contribution in [0.3, 0.4) is 0 Å². The van der Waals surface area contributed by atoms with Crippen LogP contribution in [0.5, 0.6) is 0 Å². The van der Waals surface area contributed by atoms with Gasteiger partial charge in [0, 0.05) is 26.2 Å². The average Bonchev–Trinajstić information content (AvgIpc) is 2.54. The van der Waals surface area contributed by atoms with E-state index in [0.29, 0.717) is 11.5 Å². The van der Waals surface area contributed by atoms with Gasteiger partial charge < -0.3 is 9.80 Å². The van der Waals surface area contributed by atoms with E-state index in [2.05, 4.69) is 29.7 Å². The van der Waals surface area contributed by atoms with Gasteiger partial charge in [-0.1, -0.05) is 13.8 Å². The first-order valence-corrected chi connectivity index (χ1v) is 8.58. The van der Waals surface area contributed by atoms with Crippen LogP contribution in [-0.2, 0) is 0 Å². The molecule has 4 heteroatoms. The van der Waals surface area contributed by atoms with E-state index in [4.69, 9.17) is 4.98 Å². The largest absolute Gasteiger partial charge is 0.356 e. The normalized spacial score (nSPS) is 25.9. The smallest absolute Gasteiger partial charge is 0.148 e. The molecule has 0 aromatic carbocycles. The van der Waals surface area contributed by atoms with E-state index in [1.807, 2.05) is 12.1 Å². The van der Waals surface area contributed by atoms with Gasteiger partial charge in [-0.2, -0.15) is 5.26 Å². The number of nitriles is 1. The Bertz CT molecular complexity index is 563. The zero-order chi connectivity index (χ0) is 15.5. The molecule has 3 rings (SSSR count). The van der Waals surface area contributed by atoms with Crippen molar-refractivity contribution in [3.8, 4) is 6.07 Å². The van der Waals surface area contributed by atoms with Crippen molar-refractivity contribution < 1.29 is 0 Å². The lowest BCUT2D eigenvalue weighted by Crippen LogP contribution is -2.37. The number of aromatic nitrogens is 1. The first-order chi connectivity index (χ1) is 10.7. The highest BCUT2D eigenvalue weighted by Crippen LogP contribution is 2.28. The highest BCUT2D eigenvalue weighted by Gasteiger charge is 2.23. The molecule has 2 saturated heterocycles. The molecular weight excluding hydrogens is 272 g/mol. The maximum absolute atomic E-state index is 9.43. The summed E-state index contributed by atoms with van der Waals surface area (Å²) in [6.07, 6.45) is 5.02. The highest BCUT2D eigenvalue weighted by atomic mass is 15.3. The second-order valence-electron chi connectivity index (χ2n) is 7.04. The highest BCUT2D eigenvalue weighted by molar-refractivity contribution is 5.59. The number of anilines is 2. The molecular formula is C18H26N4. The van der Waals surface area contributed by atoms with Gasteiger partial charge in [-0.05, 0) is 49.7 Å². The van der Waals surface area contributed by atoms with Crippen LogP contribution in [-0.4, -0.2) is 31.2 Å². The number of rotatable bonds is 2. The van der Waals surface area contributed by atoms with Crippen LogP contribution in [0.1, 0.15) is 45.1 Å². The van der Waals surface area contributed by atoms with E-state index in [0.717, 1.165) is 43.7 Å². The molecule has 2 atom stereocenters. The molecule has 0 N–H and O–H groups in total. The Morgan fingerprint density at radius 2 is 1.68 bits per heavy atom. The molecule has 3 heterocycles. The Labute approximate surface area is 133 Å². The third-order valence-electron chi connectivity index (χ3n) is 4.92. The summed E-state index contributed by atoms with van der Waals surface area (Å²) in [4.78, 5) is 9.58. The topological polar surface area (TPSA) is 43.2 Å². The molecule has 1 aromatic heterocycles. The predicted molar refractivity (Wildman–Crippen MR) is 90.2 cm³/mol. The minimum Gasteiger partial charge on any atom is -0.356 e. The Morgan fingerprint density at radius 3 is 2.32 bits per heavy atom. The fourth-order valence-electron chi connectivity index (χ4n) is 3.72. The third-order valence-corrected chi connectivity index (χ3v) is 4.92. The number of hydrogen-bond donors (Lipinski definition) is 0. The molecule has 1 aromatic rings. The van der Waals surface area contributed by atoms with Crippen molar-refractivity contribution in [3.63, 3.8) is 0 Å². The van der Waals surface area contributed by atoms with Crippen molar-refractivity contribution in [2.24, 2.45) is 11.8 Å². The molecule has 0 amide bonds. The molecule has 2 aliphatic rings. The molecule has 118 valence electrons. The van der Waals surface area contributed by atoms with Crippen molar-refractivity contribution in [2.45, 2.75) is 39.5 Å². The lowest BCUT2D eigenvalue weighted by molar-refractivity contribution is 0.440. The van der Waals surface area contributed by atoms with Gasteiger partial charge in [0.2, 0.25) is 0 Å². The van der Waals surface area contributed by atoms with Crippen LogP contribution in [0.4, 0.5) is 11.6 Å². The first kappa shape index (κ1) is 15.1. The van der Waals surface area contributed by atoms with Crippen LogP contribution in [0.25, 0.3) is 0 Å². The van der Waals surface area contributed by atoms with Crippen molar-refractivity contribution in [1.29, 1.82) is 5.26 Å². The molecule has 2 aliphatic heterocycles. The Morgan fingerprint density at radius 1 is 1.05 bits per heavy atom. The van der Waals surface area contributed by atoms with Crippen LogP contribution in [0.2, 0.25) is 0 Å². The fraction of sp³-hybridized carbons (Fsp3) is 0.667. The number of nitrogens with zero attached hydrogens (tertiary/aromatic N) is 4. The van der Waals surface area contributed by atoms with E-state index < -0.39 is 0 Å². The quantitative estimate of drug-likeness (QED) is 0.839. The van der Waals surface area contributed by atoms with Crippen molar-refractivity contribution in [2.75, 3.05) is 36.0 Å². The lowest BCUT2D eigenvalue weighted by Gasteiger charge is -2.35. The number of pyridine rings is 1. The minimum atomic E-state index is 0.681. The van der Waals surface area contributed by atoms with Gasteiger partial charge in [0.15, 0.2) is 0 Å². The molecule has 4 nitrogen and oxygen atoms in total. The second kappa shape index (κ2) is 6.56. The Balaban J connectivity index is 1.87. The summed E-state index contributed by atoms with van der Waals surface area (Å²) in [6.45, 7) is 8.79. The third kappa shape index (κ3) is 3.19. The molecule has 0 aliphatic carbocycles. The zero-order valence-corrected chi connectivity index (χ0v) is 13.8. The van der Waals surface area contributed by atoms with Crippen LogP contribution >= 0.6 is 0 Å². The SMILES string of the molecule is CC1CCCN(c2ccc(C#N)c(N3CCCC(C)C3)n2)C1. The first-order valence-electron chi connectivity index (χ1n) is 8.58. The van der Waals surface area contributed by atoms with Gasteiger partial charge in [-0.15, -0.1) is 0 Å². The predicted octanol–water partition coefficient (Wildman–Crippen LogP) is 3.43. The molecule has 0 saturated carbocycles. The van der Waals surface area contributed by atoms with Crippen LogP contribution in [0.15, 0.2) is 12.1 Å². The Kier molecular flexibility index (Phi) is 4.52. The minimum absolute atomic E-state index is 0.681. The van der Waals surface area contributed by atoms with E-state index in [1.165, 1.54) is 25.7 Å². The van der Waals surface area contributed by atoms with E-state index in [9.17, 15) is 5.26 Å². The maximum atomic E-state index is 9.43. The summed E-state index contributed by atoms with van der Waals surface area (Å²) in [5.41, 5.74) is 0.711. The van der Waals surface area contributed by atoms with Gasteiger partial charge in [-0.3, -0.25) is 0 Å². The molecule has 22 heavy (non-hydrogen) atoms. The summed E-state index contributed by atoms with van der Waals surface area (Å²) >= 11 is 0. The summed E-state index contributed by atoms with van der Waals surface area (Å²) in [5.74, 6) is 3.34. The number of piperidine rings is 2. The fourth-order valence-corrected chi connectivity index (χ4v) is 3.72. The van der Waals surface area contributed by atoms with Gasteiger partial charge in [0.25, 0.3) is 0 Å². The summed E-state index contributed by atoms with van der Waals surface area (Å²) in [6, 6.07) is 6.30. The number of hydrogen-bond acceptors (Lipinski definition) is 4. The molecule has 2 unspecified atom stereocenters. The summed E-state index contributed by atoms with van der Waals surface area (Å²) in [7, 11) is 0. The van der Waals surface area contributed by atoms with Crippen molar-refractivity contribution in [1.82, 2.24) is 4.98 Å². The molecule has 0 spiro atoms. The van der Waals surface area contributed by atoms with Crippen molar-refractivity contribution >= 4 is 11.6 Å². The van der Waals surface area contributed by atoms with Gasteiger partial charge >= 0.3 is 0 Å². The van der Waals surface area contributed by atoms with Crippen LogP contribution < -0.4 is 9.80 Å². The summed E-state index contributed by atoms with van der Waals surface area (Å²) in [5, 5.41) is 9.43.